The van der Waals surface area contributed by atoms with Crippen LogP contribution in [0.5, 0.6) is 5.75 Å². The zero-order valence-corrected chi connectivity index (χ0v) is 16.2. The third-order valence-corrected chi connectivity index (χ3v) is 5.03. The molecule has 4 rings (SSSR count). The van der Waals surface area contributed by atoms with Crippen molar-refractivity contribution in [2.45, 2.75) is 13.5 Å². The van der Waals surface area contributed by atoms with Crippen molar-refractivity contribution < 1.29 is 4.74 Å². The van der Waals surface area contributed by atoms with Gasteiger partial charge in [-0.25, -0.2) is 4.68 Å². The van der Waals surface area contributed by atoms with Gasteiger partial charge in [0, 0.05) is 16.8 Å². The van der Waals surface area contributed by atoms with Gasteiger partial charge in [-0.3, -0.25) is 14.7 Å². The summed E-state index contributed by atoms with van der Waals surface area (Å²) in [5.41, 5.74) is 2.28. The van der Waals surface area contributed by atoms with Gasteiger partial charge in [-0.05, 0) is 48.9 Å². The fourth-order valence-corrected chi connectivity index (χ4v) is 3.46. The summed E-state index contributed by atoms with van der Waals surface area (Å²) in [4.78, 5) is 25.7. The minimum absolute atomic E-state index is 0.183. The zero-order chi connectivity index (χ0) is 19.8. The molecule has 0 bridgehead atoms. The van der Waals surface area contributed by atoms with Crippen molar-refractivity contribution in [1.82, 2.24) is 14.3 Å². The predicted molar refractivity (Wildman–Crippen MR) is 110 cm³/mol. The molecule has 6 nitrogen and oxygen atoms in total. The fourth-order valence-electron chi connectivity index (χ4n) is 3.33. The van der Waals surface area contributed by atoms with E-state index >= 15 is 0 Å². The van der Waals surface area contributed by atoms with Crippen LogP contribution >= 0.6 is 11.6 Å². The number of halogens is 1. The summed E-state index contributed by atoms with van der Waals surface area (Å²) >= 11 is 5.93. The molecule has 0 saturated heterocycles. The monoisotopic (exact) mass is 395 g/mol. The lowest BCUT2D eigenvalue weighted by molar-refractivity contribution is 0.414. The van der Waals surface area contributed by atoms with E-state index in [1.807, 2.05) is 24.3 Å². The molecule has 0 atom stereocenters. The number of aryl methyl sites for hydroxylation is 1. The van der Waals surface area contributed by atoms with Crippen LogP contribution in [-0.4, -0.2) is 21.5 Å². The quantitative estimate of drug-likeness (QED) is 0.575. The number of pyridine rings is 1. The van der Waals surface area contributed by atoms with Crippen LogP contribution in [0.3, 0.4) is 0 Å². The molecule has 0 aliphatic carbocycles. The molecule has 0 radical (unpaired) electrons. The van der Waals surface area contributed by atoms with Crippen molar-refractivity contribution in [2.24, 2.45) is 0 Å². The normalized spacial score (nSPS) is 11.1. The smallest absolute Gasteiger partial charge is 0.280 e. The molecule has 2 heterocycles. The lowest BCUT2D eigenvalue weighted by atomic mass is 10.2. The van der Waals surface area contributed by atoms with Crippen molar-refractivity contribution >= 4 is 22.5 Å². The van der Waals surface area contributed by atoms with Gasteiger partial charge in [-0.1, -0.05) is 23.7 Å². The minimum Gasteiger partial charge on any atom is -0.497 e. The van der Waals surface area contributed by atoms with E-state index in [1.165, 1.54) is 10.7 Å². The highest BCUT2D eigenvalue weighted by Crippen LogP contribution is 2.18. The largest absolute Gasteiger partial charge is 0.497 e. The number of methoxy groups -OCH3 is 1. The SMILES string of the molecule is COc1cccc(Cn2c(C)c3c(=O)n(-c4ccc(Cl)cc4)[nH]c3cc2=O)c1. The van der Waals surface area contributed by atoms with Crippen molar-refractivity contribution in [3.63, 3.8) is 0 Å². The number of benzene rings is 2. The molecule has 0 unspecified atom stereocenters. The van der Waals surface area contributed by atoms with Crippen LogP contribution in [0.25, 0.3) is 16.6 Å². The number of nitrogens with zero attached hydrogens (tertiary/aromatic N) is 2. The first-order valence-corrected chi connectivity index (χ1v) is 9.10. The van der Waals surface area contributed by atoms with Crippen LogP contribution in [0.4, 0.5) is 0 Å². The lowest BCUT2D eigenvalue weighted by Gasteiger charge is -2.11. The van der Waals surface area contributed by atoms with E-state index in [0.29, 0.717) is 33.9 Å². The van der Waals surface area contributed by atoms with Gasteiger partial charge in [0.15, 0.2) is 0 Å². The second-order valence-electron chi connectivity index (χ2n) is 6.52. The molecule has 2 aromatic heterocycles. The summed E-state index contributed by atoms with van der Waals surface area (Å²) in [5.74, 6) is 0.719. The molecule has 7 heteroatoms. The summed E-state index contributed by atoms with van der Waals surface area (Å²) in [5, 5.41) is 4.09. The number of nitrogens with one attached hydrogen (secondary N) is 1. The first-order valence-electron chi connectivity index (χ1n) is 8.72. The van der Waals surface area contributed by atoms with Crippen LogP contribution in [0.15, 0.2) is 64.2 Å². The maximum atomic E-state index is 13.0. The van der Waals surface area contributed by atoms with E-state index in [0.717, 1.165) is 11.3 Å². The Morgan fingerprint density at radius 1 is 1.07 bits per heavy atom. The van der Waals surface area contributed by atoms with Crippen LogP contribution in [0.1, 0.15) is 11.3 Å². The van der Waals surface area contributed by atoms with E-state index in [9.17, 15) is 9.59 Å². The molecule has 0 fully saturated rings. The number of fused-ring (bicyclic) bond motifs is 1. The molecule has 0 aliphatic rings. The maximum Gasteiger partial charge on any atom is 0.280 e. The Hall–Kier alpha value is -3.25. The molecule has 4 aromatic rings. The van der Waals surface area contributed by atoms with E-state index < -0.39 is 0 Å². The van der Waals surface area contributed by atoms with Crippen LogP contribution in [0, 0.1) is 6.92 Å². The van der Waals surface area contributed by atoms with Gasteiger partial charge in [0.05, 0.1) is 30.2 Å². The van der Waals surface area contributed by atoms with Gasteiger partial charge in [0.2, 0.25) is 0 Å². The number of rotatable bonds is 4. The van der Waals surface area contributed by atoms with E-state index in [2.05, 4.69) is 5.10 Å². The highest BCUT2D eigenvalue weighted by atomic mass is 35.5. The fraction of sp³-hybridized carbons (Fsp3) is 0.143. The molecule has 2 aromatic carbocycles. The summed E-state index contributed by atoms with van der Waals surface area (Å²) in [6, 6.07) is 15.9. The number of ether oxygens (including phenoxy) is 1. The van der Waals surface area contributed by atoms with Gasteiger partial charge in [-0.15, -0.1) is 0 Å². The number of hydrogen-bond acceptors (Lipinski definition) is 3. The predicted octanol–water partition coefficient (Wildman–Crippen LogP) is 3.50. The van der Waals surface area contributed by atoms with E-state index in [-0.39, 0.29) is 11.1 Å². The van der Waals surface area contributed by atoms with Gasteiger partial charge >= 0.3 is 0 Å². The molecule has 28 heavy (non-hydrogen) atoms. The molecular formula is C21H18ClN3O3. The average molecular weight is 396 g/mol. The molecule has 0 aliphatic heterocycles. The van der Waals surface area contributed by atoms with Gasteiger partial charge in [0.1, 0.15) is 5.75 Å². The van der Waals surface area contributed by atoms with Crippen molar-refractivity contribution in [1.29, 1.82) is 0 Å². The lowest BCUT2D eigenvalue weighted by Crippen LogP contribution is -2.23. The summed E-state index contributed by atoms with van der Waals surface area (Å²) in [6.07, 6.45) is 0. The molecule has 1 N–H and O–H groups in total. The Bertz CT molecular complexity index is 1280. The maximum absolute atomic E-state index is 13.0. The third-order valence-electron chi connectivity index (χ3n) is 4.78. The Labute approximate surface area is 165 Å². The second-order valence-corrected chi connectivity index (χ2v) is 6.96. The van der Waals surface area contributed by atoms with E-state index in [1.54, 1.807) is 42.9 Å². The zero-order valence-electron chi connectivity index (χ0n) is 15.4. The molecule has 0 amide bonds. The Morgan fingerprint density at radius 3 is 2.54 bits per heavy atom. The Balaban J connectivity index is 1.85. The third kappa shape index (κ3) is 3.12. The van der Waals surface area contributed by atoms with Crippen molar-refractivity contribution in [3.8, 4) is 11.4 Å². The second kappa shape index (κ2) is 7.05. The average Bonchev–Trinajstić information content (AvgIpc) is 3.02. The highest BCUT2D eigenvalue weighted by molar-refractivity contribution is 6.30. The van der Waals surface area contributed by atoms with Crippen LogP contribution in [-0.2, 0) is 6.54 Å². The van der Waals surface area contributed by atoms with Gasteiger partial charge in [0.25, 0.3) is 11.1 Å². The van der Waals surface area contributed by atoms with Crippen molar-refractivity contribution in [3.05, 3.63) is 91.6 Å². The number of H-pyrrole nitrogens is 1. The summed E-state index contributed by atoms with van der Waals surface area (Å²) in [7, 11) is 1.60. The standard InChI is InChI=1S/C21H18ClN3O3/c1-13-20-18(23-25(21(20)27)16-8-6-15(22)7-9-16)11-19(26)24(13)12-14-4-3-5-17(10-14)28-2/h3-11,23H,12H2,1-2H3. The molecule has 0 spiro atoms. The highest BCUT2D eigenvalue weighted by Gasteiger charge is 2.15. The number of hydrogen-bond donors (Lipinski definition) is 1. The van der Waals surface area contributed by atoms with Gasteiger partial charge in [-0.2, -0.15) is 0 Å². The Kier molecular flexibility index (Phi) is 4.57. The number of aromatic nitrogens is 3. The minimum atomic E-state index is -0.214. The van der Waals surface area contributed by atoms with Crippen LogP contribution in [0.2, 0.25) is 5.02 Å². The summed E-state index contributed by atoms with van der Waals surface area (Å²) < 4.78 is 8.26. The molecule has 142 valence electrons. The Morgan fingerprint density at radius 2 is 1.82 bits per heavy atom. The first-order chi connectivity index (χ1) is 13.5. The number of aromatic amines is 1. The first kappa shape index (κ1) is 18.1. The molecular weight excluding hydrogens is 378 g/mol. The molecule has 0 saturated carbocycles. The van der Waals surface area contributed by atoms with Gasteiger partial charge < -0.3 is 9.30 Å². The topological polar surface area (TPSA) is 69.0 Å². The van der Waals surface area contributed by atoms with Crippen molar-refractivity contribution in [2.75, 3.05) is 7.11 Å². The van der Waals surface area contributed by atoms with Crippen LogP contribution < -0.4 is 15.9 Å². The van der Waals surface area contributed by atoms with E-state index in [4.69, 9.17) is 16.3 Å². The summed E-state index contributed by atoms with van der Waals surface area (Å²) in [6.45, 7) is 2.13.